The molecule has 0 aliphatic carbocycles. The molecule has 2 amide bonds. The maximum Gasteiger partial charge on any atom is 0.261 e. The summed E-state index contributed by atoms with van der Waals surface area (Å²) in [7, 11) is 3.51. The molecule has 0 saturated carbocycles. The van der Waals surface area contributed by atoms with Crippen LogP contribution in [0.3, 0.4) is 0 Å². The fraction of sp³-hybridized carbons (Fsp3) is 0.125. The highest BCUT2D eigenvalue weighted by Crippen LogP contribution is 2.46. The van der Waals surface area contributed by atoms with Crippen LogP contribution in [-0.2, 0) is 9.59 Å². The third-order valence-electron chi connectivity index (χ3n) is 10.8. The quantitative estimate of drug-likeness (QED) is 0.158. The van der Waals surface area contributed by atoms with Crippen molar-refractivity contribution in [3.8, 4) is 0 Å². The molecule has 0 bridgehead atoms. The van der Waals surface area contributed by atoms with E-state index in [1.165, 1.54) is 22.3 Å². The number of likely N-dealkylation sites (N-methyl/N-ethyl adjacent to an activating group) is 2. The number of carbonyl (C=O) groups is 2. The fourth-order valence-electron chi connectivity index (χ4n) is 7.52. The van der Waals surface area contributed by atoms with Crippen LogP contribution in [0.1, 0.15) is 33.4 Å². The van der Waals surface area contributed by atoms with Crippen molar-refractivity contribution in [3.05, 3.63) is 190 Å². The molecule has 266 valence electrons. The van der Waals surface area contributed by atoms with Crippen molar-refractivity contribution in [1.29, 1.82) is 0 Å². The molecule has 0 atom stereocenters. The second-order valence-corrected chi connectivity index (χ2v) is 14.1. The number of hydrogen-bond donors (Lipinski definition) is 0. The molecule has 0 saturated heterocycles. The summed E-state index contributed by atoms with van der Waals surface area (Å²) in [6.45, 7) is 8.49. The van der Waals surface area contributed by atoms with Gasteiger partial charge in [0.15, 0.2) is 0 Å². The van der Waals surface area contributed by atoms with E-state index in [0.29, 0.717) is 22.5 Å². The van der Waals surface area contributed by atoms with Gasteiger partial charge < -0.3 is 19.6 Å². The first kappa shape index (κ1) is 34.4. The highest BCUT2D eigenvalue weighted by molar-refractivity contribution is 6.30. The second kappa shape index (κ2) is 13.7. The van der Waals surface area contributed by atoms with Gasteiger partial charge in [0, 0.05) is 48.2 Å². The molecule has 0 aromatic heterocycles. The minimum Gasteiger partial charge on any atom is -0.310 e. The number of anilines is 6. The first-order valence-electron chi connectivity index (χ1n) is 18.2. The lowest BCUT2D eigenvalue weighted by Gasteiger charge is -2.27. The van der Waals surface area contributed by atoms with Gasteiger partial charge in [-0.1, -0.05) is 72.8 Å². The molecule has 6 heteroatoms. The summed E-state index contributed by atoms with van der Waals surface area (Å²) in [6, 6.07) is 49.8. The molecule has 2 heterocycles. The first-order chi connectivity index (χ1) is 26.1. The number of para-hydroxylation sites is 2. The zero-order chi connectivity index (χ0) is 37.7. The van der Waals surface area contributed by atoms with Gasteiger partial charge in [0.25, 0.3) is 11.8 Å². The Morgan fingerprint density at radius 2 is 0.685 bits per heavy atom. The SMILES string of the molecule is Cc1ccc(N(c2ccccc2)c2ccc(C3=C4C(=O)N(C)C(c5ccc(N(c6ccccc6)c6ccc(C)c(C)c6)cc5)=C4C(=O)N3C)cc2)cc1C. The van der Waals surface area contributed by atoms with E-state index in [2.05, 4.69) is 122 Å². The Morgan fingerprint density at radius 3 is 1.02 bits per heavy atom. The maximum atomic E-state index is 14.1. The number of carbonyl (C=O) groups excluding carboxylic acids is 2. The van der Waals surface area contributed by atoms with Gasteiger partial charge in [0.05, 0.1) is 22.5 Å². The number of hydrogen-bond acceptors (Lipinski definition) is 4. The van der Waals surface area contributed by atoms with Crippen molar-refractivity contribution >= 4 is 57.3 Å². The predicted molar refractivity (Wildman–Crippen MR) is 221 cm³/mol. The molecule has 2 aliphatic heterocycles. The van der Waals surface area contributed by atoms with Gasteiger partial charge in [0.2, 0.25) is 0 Å². The molecule has 54 heavy (non-hydrogen) atoms. The van der Waals surface area contributed by atoms with Crippen LogP contribution < -0.4 is 9.80 Å². The Bertz CT molecular complexity index is 2310. The van der Waals surface area contributed by atoms with Crippen LogP contribution in [0.25, 0.3) is 11.4 Å². The lowest BCUT2D eigenvalue weighted by molar-refractivity contribution is -0.123. The summed E-state index contributed by atoms with van der Waals surface area (Å²) in [5.41, 5.74) is 14.8. The van der Waals surface area contributed by atoms with E-state index < -0.39 is 0 Å². The van der Waals surface area contributed by atoms with Crippen LogP contribution in [0, 0.1) is 27.7 Å². The van der Waals surface area contributed by atoms with Gasteiger partial charge >= 0.3 is 0 Å². The summed E-state index contributed by atoms with van der Waals surface area (Å²) in [5, 5.41) is 0. The zero-order valence-electron chi connectivity index (χ0n) is 31.5. The van der Waals surface area contributed by atoms with Crippen LogP contribution in [-0.4, -0.2) is 35.7 Å². The molecule has 0 spiro atoms. The minimum absolute atomic E-state index is 0.192. The number of fused-ring (bicyclic) bond motifs is 1. The Hall–Kier alpha value is -6.66. The van der Waals surface area contributed by atoms with Gasteiger partial charge in [-0.05, 0) is 134 Å². The van der Waals surface area contributed by atoms with E-state index >= 15 is 0 Å². The molecular weight excluding hydrogens is 665 g/mol. The lowest BCUT2D eigenvalue weighted by atomic mass is 10.0. The van der Waals surface area contributed by atoms with Crippen molar-refractivity contribution < 1.29 is 9.59 Å². The van der Waals surface area contributed by atoms with Gasteiger partial charge in [-0.25, -0.2) is 0 Å². The topological polar surface area (TPSA) is 47.1 Å². The Balaban J connectivity index is 1.18. The molecule has 2 aliphatic rings. The van der Waals surface area contributed by atoms with Crippen molar-refractivity contribution in [3.63, 3.8) is 0 Å². The third-order valence-corrected chi connectivity index (χ3v) is 10.8. The molecule has 0 fully saturated rings. The van der Waals surface area contributed by atoms with Crippen molar-refractivity contribution in [2.45, 2.75) is 27.7 Å². The van der Waals surface area contributed by atoms with Crippen LogP contribution in [0.5, 0.6) is 0 Å². The molecule has 8 rings (SSSR count). The van der Waals surface area contributed by atoms with Gasteiger partial charge in [-0.3, -0.25) is 9.59 Å². The van der Waals surface area contributed by atoms with Gasteiger partial charge in [-0.2, -0.15) is 0 Å². The largest absolute Gasteiger partial charge is 0.310 e. The molecule has 6 aromatic rings. The number of rotatable bonds is 8. The molecule has 6 aromatic carbocycles. The molecule has 6 nitrogen and oxygen atoms in total. The summed E-state index contributed by atoms with van der Waals surface area (Å²) >= 11 is 0. The van der Waals surface area contributed by atoms with Crippen molar-refractivity contribution in [1.82, 2.24) is 9.80 Å². The van der Waals surface area contributed by atoms with Gasteiger partial charge in [0.1, 0.15) is 0 Å². The van der Waals surface area contributed by atoms with Crippen molar-refractivity contribution in [2.24, 2.45) is 0 Å². The molecule has 0 unspecified atom stereocenters. The van der Waals surface area contributed by atoms with Crippen LogP contribution >= 0.6 is 0 Å². The van der Waals surface area contributed by atoms with E-state index in [9.17, 15) is 9.59 Å². The number of benzene rings is 6. The highest BCUT2D eigenvalue weighted by Gasteiger charge is 2.46. The Kier molecular flexibility index (Phi) is 8.74. The van der Waals surface area contributed by atoms with Crippen LogP contribution in [0.2, 0.25) is 0 Å². The Morgan fingerprint density at radius 1 is 0.370 bits per heavy atom. The number of nitrogens with zero attached hydrogens (tertiary/aromatic N) is 4. The second-order valence-electron chi connectivity index (χ2n) is 14.1. The smallest absolute Gasteiger partial charge is 0.261 e. The third kappa shape index (κ3) is 5.86. The average molecular weight is 707 g/mol. The average Bonchev–Trinajstić information content (AvgIpc) is 3.60. The minimum atomic E-state index is -0.192. The number of aryl methyl sites for hydroxylation is 4. The van der Waals surface area contributed by atoms with E-state index in [1.54, 1.807) is 23.9 Å². The standard InChI is InChI=1S/C48H42N4O2/c1-31-17-23-41(29-33(31)3)51(37-13-9-7-10-14-37)39-25-19-35(20-26-39)45-43-44(48(54)49(45)5)46(50(6)47(43)53)36-21-27-40(28-22-36)52(38-15-11-8-12-16-38)42-24-18-32(2)34(4)30-42/h7-30H,1-6H3. The zero-order valence-corrected chi connectivity index (χ0v) is 31.5. The monoisotopic (exact) mass is 706 g/mol. The van der Waals surface area contributed by atoms with E-state index in [4.69, 9.17) is 0 Å². The summed E-state index contributed by atoms with van der Waals surface area (Å²) < 4.78 is 0. The van der Waals surface area contributed by atoms with E-state index in [-0.39, 0.29) is 11.8 Å². The predicted octanol–water partition coefficient (Wildman–Crippen LogP) is 10.9. The van der Waals surface area contributed by atoms with Crippen molar-refractivity contribution in [2.75, 3.05) is 23.9 Å². The van der Waals surface area contributed by atoms with E-state index in [0.717, 1.165) is 45.3 Å². The summed E-state index contributed by atoms with van der Waals surface area (Å²) in [5.74, 6) is -0.383. The summed E-state index contributed by atoms with van der Waals surface area (Å²) in [6.07, 6.45) is 0. The Labute approximate surface area is 317 Å². The molecule has 0 N–H and O–H groups in total. The van der Waals surface area contributed by atoms with Crippen LogP contribution in [0.15, 0.2) is 157 Å². The summed E-state index contributed by atoms with van der Waals surface area (Å²) in [4.78, 5) is 35.8. The number of amides is 2. The van der Waals surface area contributed by atoms with E-state index in [1.807, 2.05) is 60.7 Å². The lowest BCUT2D eigenvalue weighted by Crippen LogP contribution is -2.25. The van der Waals surface area contributed by atoms with Crippen LogP contribution in [0.4, 0.5) is 34.1 Å². The fourth-order valence-corrected chi connectivity index (χ4v) is 7.52. The maximum absolute atomic E-state index is 14.1. The highest BCUT2D eigenvalue weighted by atomic mass is 16.2. The molecular formula is C48H42N4O2. The molecule has 0 radical (unpaired) electrons. The first-order valence-corrected chi connectivity index (χ1v) is 18.2. The van der Waals surface area contributed by atoms with Gasteiger partial charge in [-0.15, -0.1) is 0 Å². The normalized spacial score (nSPS) is 14.0.